The summed E-state index contributed by atoms with van der Waals surface area (Å²) in [5.41, 5.74) is 10.8. The van der Waals surface area contributed by atoms with Gasteiger partial charge in [-0.25, -0.2) is 0 Å². The van der Waals surface area contributed by atoms with Gasteiger partial charge in [0.2, 0.25) is 0 Å². The molecule has 100 valence electrons. The number of nitrogens with zero attached hydrogens (tertiary/aromatic N) is 1. The van der Waals surface area contributed by atoms with Crippen molar-refractivity contribution in [1.29, 1.82) is 0 Å². The predicted molar refractivity (Wildman–Crippen MR) is 85.3 cm³/mol. The fourth-order valence-electron chi connectivity index (χ4n) is 2.26. The van der Waals surface area contributed by atoms with Crippen LogP contribution in [0.3, 0.4) is 0 Å². The van der Waals surface area contributed by atoms with Gasteiger partial charge in [0.25, 0.3) is 0 Å². The van der Waals surface area contributed by atoms with Crippen LogP contribution >= 0.6 is 15.9 Å². The molecule has 2 nitrogen and oxygen atoms in total. The van der Waals surface area contributed by atoms with Gasteiger partial charge in [-0.2, -0.15) is 0 Å². The van der Waals surface area contributed by atoms with Crippen LogP contribution in [0.1, 0.15) is 16.7 Å². The Labute approximate surface area is 123 Å². The zero-order chi connectivity index (χ0) is 13.8. The Hall–Kier alpha value is -1.32. The predicted octanol–water partition coefficient (Wildman–Crippen LogP) is 3.85. The van der Waals surface area contributed by atoms with Gasteiger partial charge in [0.05, 0.1) is 0 Å². The molecule has 19 heavy (non-hydrogen) atoms. The molecule has 2 N–H and O–H groups in total. The van der Waals surface area contributed by atoms with Crippen LogP contribution < -0.4 is 10.6 Å². The molecule has 0 aliphatic rings. The van der Waals surface area contributed by atoms with Gasteiger partial charge >= 0.3 is 0 Å². The van der Waals surface area contributed by atoms with Crippen LogP contribution in [0.15, 0.2) is 46.9 Å². The molecule has 0 fully saturated rings. The molecular weight excluding hydrogens is 300 g/mol. The standard InChI is InChI=1S/C16H19BrN2/c1-12-4-3-5-13(8-12)11-19(2)16-7-6-15(17)9-14(16)10-18/h3-9H,10-11,18H2,1-2H3. The fraction of sp³-hybridized carbons (Fsp3) is 0.250. The van der Waals surface area contributed by atoms with Crippen molar-refractivity contribution in [2.75, 3.05) is 11.9 Å². The van der Waals surface area contributed by atoms with E-state index in [4.69, 9.17) is 5.73 Å². The number of anilines is 1. The van der Waals surface area contributed by atoms with Crippen molar-refractivity contribution in [1.82, 2.24) is 0 Å². The summed E-state index contributed by atoms with van der Waals surface area (Å²) in [4.78, 5) is 2.24. The molecule has 0 saturated heterocycles. The van der Waals surface area contributed by atoms with Crippen molar-refractivity contribution < 1.29 is 0 Å². The van der Waals surface area contributed by atoms with Crippen LogP contribution in [-0.2, 0) is 13.1 Å². The monoisotopic (exact) mass is 318 g/mol. The number of nitrogens with two attached hydrogens (primary N) is 1. The lowest BCUT2D eigenvalue weighted by molar-refractivity contribution is 0.902. The number of hydrogen-bond acceptors (Lipinski definition) is 2. The molecule has 2 aromatic carbocycles. The van der Waals surface area contributed by atoms with Gasteiger partial charge in [-0.1, -0.05) is 45.8 Å². The second-order valence-electron chi connectivity index (χ2n) is 4.82. The van der Waals surface area contributed by atoms with E-state index in [-0.39, 0.29) is 0 Å². The summed E-state index contributed by atoms with van der Waals surface area (Å²) in [5, 5.41) is 0. The maximum absolute atomic E-state index is 5.83. The van der Waals surface area contributed by atoms with Gasteiger partial charge in [-0.05, 0) is 36.2 Å². The Bertz CT molecular complexity index is 566. The number of benzene rings is 2. The minimum Gasteiger partial charge on any atom is -0.370 e. The first-order valence-corrected chi connectivity index (χ1v) is 7.14. The van der Waals surface area contributed by atoms with Crippen LogP contribution in [0.25, 0.3) is 0 Å². The summed E-state index contributed by atoms with van der Waals surface area (Å²) in [7, 11) is 2.10. The summed E-state index contributed by atoms with van der Waals surface area (Å²) in [6.07, 6.45) is 0. The van der Waals surface area contributed by atoms with Crippen molar-refractivity contribution >= 4 is 21.6 Å². The summed E-state index contributed by atoms with van der Waals surface area (Å²) in [6.45, 7) is 3.55. The van der Waals surface area contributed by atoms with Crippen LogP contribution in [0.5, 0.6) is 0 Å². The molecule has 0 aliphatic carbocycles. The maximum atomic E-state index is 5.83. The van der Waals surface area contributed by atoms with Crippen molar-refractivity contribution in [3.63, 3.8) is 0 Å². The first-order chi connectivity index (χ1) is 9.10. The lowest BCUT2D eigenvalue weighted by Gasteiger charge is -2.22. The topological polar surface area (TPSA) is 29.3 Å². The van der Waals surface area contributed by atoms with Gasteiger partial charge < -0.3 is 10.6 Å². The van der Waals surface area contributed by atoms with Crippen molar-refractivity contribution in [2.24, 2.45) is 5.73 Å². The normalized spacial score (nSPS) is 10.5. The maximum Gasteiger partial charge on any atom is 0.0426 e. The molecule has 3 heteroatoms. The molecule has 2 aromatic rings. The number of rotatable bonds is 4. The summed E-state index contributed by atoms with van der Waals surface area (Å²) in [5.74, 6) is 0. The minimum atomic E-state index is 0.549. The summed E-state index contributed by atoms with van der Waals surface area (Å²) >= 11 is 3.49. The van der Waals surface area contributed by atoms with Crippen molar-refractivity contribution in [3.8, 4) is 0 Å². The largest absolute Gasteiger partial charge is 0.370 e. The minimum absolute atomic E-state index is 0.549. The zero-order valence-electron chi connectivity index (χ0n) is 11.4. The molecule has 0 bridgehead atoms. The Balaban J connectivity index is 2.22. The average molecular weight is 319 g/mol. The number of halogens is 1. The lowest BCUT2D eigenvalue weighted by Crippen LogP contribution is -2.19. The number of hydrogen-bond donors (Lipinski definition) is 1. The van der Waals surface area contributed by atoms with Crippen LogP contribution in [0.2, 0.25) is 0 Å². The van der Waals surface area contributed by atoms with Crippen molar-refractivity contribution in [3.05, 3.63) is 63.6 Å². The smallest absolute Gasteiger partial charge is 0.0426 e. The van der Waals surface area contributed by atoms with E-state index in [0.29, 0.717) is 6.54 Å². The molecule has 0 spiro atoms. The summed E-state index contributed by atoms with van der Waals surface area (Å²) in [6, 6.07) is 14.9. The Morgan fingerprint density at radius 2 is 1.95 bits per heavy atom. The third kappa shape index (κ3) is 3.58. The summed E-state index contributed by atoms with van der Waals surface area (Å²) < 4.78 is 1.07. The Morgan fingerprint density at radius 3 is 2.63 bits per heavy atom. The SMILES string of the molecule is Cc1cccc(CN(C)c2ccc(Br)cc2CN)c1. The quantitative estimate of drug-likeness (QED) is 0.927. The molecule has 0 unspecified atom stereocenters. The number of aryl methyl sites for hydroxylation is 1. The van der Waals surface area contributed by atoms with Crippen LogP contribution in [0.4, 0.5) is 5.69 Å². The van der Waals surface area contributed by atoms with E-state index in [1.54, 1.807) is 0 Å². The van der Waals surface area contributed by atoms with E-state index < -0.39 is 0 Å². The van der Waals surface area contributed by atoms with E-state index in [0.717, 1.165) is 16.6 Å². The molecule has 2 rings (SSSR count). The highest BCUT2D eigenvalue weighted by Gasteiger charge is 2.07. The first kappa shape index (κ1) is 14.1. The van der Waals surface area contributed by atoms with Gasteiger partial charge in [-0.3, -0.25) is 0 Å². The Morgan fingerprint density at radius 1 is 1.16 bits per heavy atom. The van der Waals surface area contributed by atoms with E-state index in [1.165, 1.54) is 16.8 Å². The molecule has 0 aliphatic heterocycles. The highest BCUT2D eigenvalue weighted by Crippen LogP contribution is 2.24. The highest BCUT2D eigenvalue weighted by molar-refractivity contribution is 9.10. The molecule has 0 heterocycles. The molecular formula is C16H19BrN2. The second-order valence-corrected chi connectivity index (χ2v) is 5.74. The van der Waals surface area contributed by atoms with Gasteiger partial charge in [0.1, 0.15) is 0 Å². The van der Waals surface area contributed by atoms with Gasteiger partial charge in [0.15, 0.2) is 0 Å². The highest BCUT2D eigenvalue weighted by atomic mass is 79.9. The zero-order valence-corrected chi connectivity index (χ0v) is 12.9. The second kappa shape index (κ2) is 6.22. The van der Waals surface area contributed by atoms with E-state index in [2.05, 4.69) is 77.3 Å². The fourth-order valence-corrected chi connectivity index (χ4v) is 2.67. The Kier molecular flexibility index (Phi) is 4.61. The third-order valence-corrected chi connectivity index (χ3v) is 3.67. The van der Waals surface area contributed by atoms with Crippen LogP contribution in [-0.4, -0.2) is 7.05 Å². The molecule has 0 atom stereocenters. The van der Waals surface area contributed by atoms with E-state index in [1.807, 2.05) is 0 Å². The van der Waals surface area contributed by atoms with E-state index in [9.17, 15) is 0 Å². The van der Waals surface area contributed by atoms with Gasteiger partial charge in [0, 0.05) is 30.3 Å². The van der Waals surface area contributed by atoms with E-state index >= 15 is 0 Å². The van der Waals surface area contributed by atoms with Gasteiger partial charge in [-0.15, -0.1) is 0 Å². The van der Waals surface area contributed by atoms with Crippen molar-refractivity contribution in [2.45, 2.75) is 20.0 Å². The van der Waals surface area contributed by atoms with Crippen LogP contribution in [0, 0.1) is 6.92 Å². The average Bonchev–Trinajstić information content (AvgIpc) is 2.38. The molecule has 0 amide bonds. The molecule has 0 saturated carbocycles. The first-order valence-electron chi connectivity index (χ1n) is 6.35. The third-order valence-electron chi connectivity index (χ3n) is 3.17. The molecule has 0 radical (unpaired) electrons. The lowest BCUT2D eigenvalue weighted by atomic mass is 10.1. The molecule has 0 aromatic heterocycles.